The van der Waals surface area contributed by atoms with Crippen LogP contribution in [0.3, 0.4) is 0 Å². The molecule has 0 radical (unpaired) electrons. The van der Waals surface area contributed by atoms with Crippen LogP contribution >= 0.6 is 11.6 Å². The fraction of sp³-hybridized carbons (Fsp3) is 0.250. The molecular formula is C12H13ClN4O2. The molecule has 0 spiro atoms. The van der Waals surface area contributed by atoms with Gasteiger partial charge in [0, 0.05) is 24.5 Å². The summed E-state index contributed by atoms with van der Waals surface area (Å²) < 4.78 is 1.33. The Morgan fingerprint density at radius 1 is 1.47 bits per heavy atom. The number of nitrogens with zero attached hydrogens (tertiary/aromatic N) is 2. The van der Waals surface area contributed by atoms with Crippen molar-refractivity contribution in [1.29, 1.82) is 0 Å². The van der Waals surface area contributed by atoms with Gasteiger partial charge in [-0.25, -0.2) is 9.78 Å². The van der Waals surface area contributed by atoms with Crippen LogP contribution in [-0.4, -0.2) is 21.1 Å². The van der Waals surface area contributed by atoms with Gasteiger partial charge in [-0.15, -0.1) is 0 Å². The number of aromatic amines is 1. The summed E-state index contributed by atoms with van der Waals surface area (Å²) >= 11 is 5.72. The Morgan fingerprint density at radius 3 is 3.00 bits per heavy atom. The molecule has 0 aromatic carbocycles. The maximum Gasteiger partial charge on any atom is 0.328 e. The highest BCUT2D eigenvalue weighted by molar-refractivity contribution is 6.30. The normalized spacial score (nSPS) is 10.4. The Bertz CT molecular complexity index is 693. The van der Waals surface area contributed by atoms with E-state index in [9.17, 15) is 9.59 Å². The van der Waals surface area contributed by atoms with Crippen LogP contribution in [0.15, 0.2) is 34.1 Å². The molecule has 0 atom stereocenters. The molecule has 0 bridgehead atoms. The number of aromatic nitrogens is 3. The zero-order valence-corrected chi connectivity index (χ0v) is 11.1. The molecule has 0 aliphatic carbocycles. The Morgan fingerprint density at radius 2 is 2.26 bits per heavy atom. The lowest BCUT2D eigenvalue weighted by atomic mass is 10.2. The first-order valence-corrected chi connectivity index (χ1v) is 6.16. The molecule has 0 saturated heterocycles. The number of hydrogen-bond donors (Lipinski definition) is 2. The maximum atomic E-state index is 11.7. The summed E-state index contributed by atoms with van der Waals surface area (Å²) in [5.74, 6) is 0.708. The average molecular weight is 281 g/mol. The largest absolute Gasteiger partial charge is 0.370 e. The van der Waals surface area contributed by atoms with E-state index in [0.29, 0.717) is 5.82 Å². The van der Waals surface area contributed by atoms with Crippen LogP contribution in [0.4, 0.5) is 5.82 Å². The van der Waals surface area contributed by atoms with Crippen LogP contribution in [0.2, 0.25) is 5.02 Å². The van der Waals surface area contributed by atoms with Crippen LogP contribution in [0.5, 0.6) is 0 Å². The van der Waals surface area contributed by atoms with Gasteiger partial charge in [0.15, 0.2) is 0 Å². The Labute approximate surface area is 114 Å². The Kier molecular flexibility index (Phi) is 4.01. The molecule has 2 rings (SSSR count). The van der Waals surface area contributed by atoms with E-state index in [1.807, 2.05) is 13.0 Å². The molecule has 2 aromatic rings. The van der Waals surface area contributed by atoms with E-state index in [-0.39, 0.29) is 11.6 Å². The van der Waals surface area contributed by atoms with E-state index in [2.05, 4.69) is 15.3 Å². The number of hydrogen-bond acceptors (Lipinski definition) is 4. The van der Waals surface area contributed by atoms with E-state index >= 15 is 0 Å². The lowest BCUT2D eigenvalue weighted by Crippen LogP contribution is -2.30. The molecule has 2 aromatic heterocycles. The van der Waals surface area contributed by atoms with Gasteiger partial charge in [-0.2, -0.15) is 0 Å². The number of halogens is 1. The minimum atomic E-state index is -0.582. The van der Waals surface area contributed by atoms with Crippen molar-refractivity contribution >= 4 is 17.4 Å². The van der Waals surface area contributed by atoms with E-state index in [0.717, 1.165) is 12.1 Å². The van der Waals surface area contributed by atoms with Crippen molar-refractivity contribution < 1.29 is 0 Å². The molecule has 0 aliphatic heterocycles. The molecule has 6 nitrogen and oxygen atoms in total. The lowest BCUT2D eigenvalue weighted by molar-refractivity contribution is 0.719. The molecule has 100 valence electrons. The second-order valence-corrected chi connectivity index (χ2v) is 4.31. The van der Waals surface area contributed by atoms with Crippen LogP contribution < -0.4 is 16.6 Å². The van der Waals surface area contributed by atoms with Gasteiger partial charge in [-0.3, -0.25) is 14.3 Å². The smallest absolute Gasteiger partial charge is 0.328 e. The van der Waals surface area contributed by atoms with Gasteiger partial charge in [0.25, 0.3) is 5.56 Å². The third-order valence-corrected chi connectivity index (χ3v) is 2.81. The predicted octanol–water partition coefficient (Wildman–Crippen LogP) is 1.07. The summed E-state index contributed by atoms with van der Waals surface area (Å²) in [5, 5.41) is 3.09. The van der Waals surface area contributed by atoms with E-state index in [4.69, 9.17) is 11.6 Å². The fourth-order valence-corrected chi connectivity index (χ4v) is 1.84. The van der Waals surface area contributed by atoms with Crippen molar-refractivity contribution in [3.8, 4) is 0 Å². The Hall–Kier alpha value is -2.08. The third-order valence-electron chi connectivity index (χ3n) is 2.54. The first-order valence-electron chi connectivity index (χ1n) is 5.79. The zero-order chi connectivity index (χ0) is 13.8. The topological polar surface area (TPSA) is 79.8 Å². The second kappa shape index (κ2) is 5.71. The van der Waals surface area contributed by atoms with Crippen LogP contribution in [-0.2, 0) is 6.54 Å². The summed E-state index contributed by atoms with van der Waals surface area (Å²) in [5.41, 5.74) is -0.240. The minimum absolute atomic E-state index is 0.0199. The predicted molar refractivity (Wildman–Crippen MR) is 73.8 cm³/mol. The lowest BCUT2D eigenvalue weighted by Gasteiger charge is -2.10. The van der Waals surface area contributed by atoms with E-state index in [1.54, 1.807) is 12.3 Å². The number of rotatable bonds is 4. The van der Waals surface area contributed by atoms with Crippen molar-refractivity contribution in [1.82, 2.24) is 14.5 Å². The van der Waals surface area contributed by atoms with Crippen molar-refractivity contribution in [3.05, 3.63) is 56.0 Å². The van der Waals surface area contributed by atoms with Gasteiger partial charge >= 0.3 is 5.69 Å². The number of pyridine rings is 1. The SMILES string of the molecule is CCNc1ncccc1Cn1cc(Cl)c(=O)[nH]c1=O. The molecule has 2 heterocycles. The van der Waals surface area contributed by atoms with Crippen LogP contribution in [0.25, 0.3) is 0 Å². The first kappa shape index (κ1) is 13.4. The molecule has 7 heteroatoms. The standard InChI is InChI=1S/C12H13ClN4O2/c1-2-14-10-8(4-3-5-15-10)6-17-7-9(13)11(18)16-12(17)19/h3-5,7H,2,6H2,1H3,(H,14,15)(H,16,18,19). The van der Waals surface area contributed by atoms with Crippen LogP contribution in [0, 0.1) is 0 Å². The zero-order valence-electron chi connectivity index (χ0n) is 10.3. The average Bonchev–Trinajstić information content (AvgIpc) is 2.38. The van der Waals surface area contributed by atoms with Crippen LogP contribution in [0.1, 0.15) is 12.5 Å². The molecular weight excluding hydrogens is 268 g/mol. The number of anilines is 1. The molecule has 2 N–H and O–H groups in total. The maximum absolute atomic E-state index is 11.7. The molecule has 0 amide bonds. The monoisotopic (exact) mass is 280 g/mol. The summed E-state index contributed by atoms with van der Waals surface area (Å²) in [6, 6.07) is 3.64. The highest BCUT2D eigenvalue weighted by atomic mass is 35.5. The van der Waals surface area contributed by atoms with E-state index < -0.39 is 11.2 Å². The quantitative estimate of drug-likeness (QED) is 0.878. The number of nitrogens with one attached hydrogen (secondary N) is 2. The van der Waals surface area contributed by atoms with Gasteiger partial charge in [-0.05, 0) is 13.0 Å². The molecule has 0 fully saturated rings. The molecule has 0 unspecified atom stereocenters. The summed E-state index contributed by atoms with van der Waals surface area (Å²) in [4.78, 5) is 29.2. The van der Waals surface area contributed by atoms with Gasteiger partial charge in [0.1, 0.15) is 10.8 Å². The number of H-pyrrole nitrogens is 1. The third kappa shape index (κ3) is 3.03. The van der Waals surface area contributed by atoms with Crippen molar-refractivity contribution in [2.24, 2.45) is 0 Å². The first-order chi connectivity index (χ1) is 9.11. The van der Waals surface area contributed by atoms with Gasteiger partial charge in [-0.1, -0.05) is 17.7 Å². The Balaban J connectivity index is 2.39. The van der Waals surface area contributed by atoms with Gasteiger partial charge in [0.05, 0.1) is 6.54 Å². The summed E-state index contributed by atoms with van der Waals surface area (Å²) in [6.07, 6.45) is 3.00. The molecule has 0 saturated carbocycles. The summed E-state index contributed by atoms with van der Waals surface area (Å²) in [6.45, 7) is 2.97. The minimum Gasteiger partial charge on any atom is -0.370 e. The van der Waals surface area contributed by atoms with Crippen molar-refractivity contribution in [2.75, 3.05) is 11.9 Å². The van der Waals surface area contributed by atoms with Crippen molar-refractivity contribution in [3.63, 3.8) is 0 Å². The summed E-state index contributed by atoms with van der Waals surface area (Å²) in [7, 11) is 0. The molecule has 19 heavy (non-hydrogen) atoms. The van der Waals surface area contributed by atoms with E-state index in [1.165, 1.54) is 10.8 Å². The van der Waals surface area contributed by atoms with Gasteiger partial charge in [0.2, 0.25) is 0 Å². The molecule has 0 aliphatic rings. The second-order valence-electron chi connectivity index (χ2n) is 3.91. The van der Waals surface area contributed by atoms with Crippen molar-refractivity contribution in [2.45, 2.75) is 13.5 Å². The fourth-order valence-electron chi connectivity index (χ4n) is 1.68. The van der Waals surface area contributed by atoms with Gasteiger partial charge < -0.3 is 5.32 Å². The highest BCUT2D eigenvalue weighted by Crippen LogP contribution is 2.12. The highest BCUT2D eigenvalue weighted by Gasteiger charge is 2.06.